The normalized spacial score (nSPS) is 11.3. The minimum Gasteiger partial charge on any atom is -0.508 e. The maximum atomic E-state index is 11.9. The summed E-state index contributed by atoms with van der Waals surface area (Å²) in [7, 11) is 0. The molecule has 3 N–H and O–H groups in total. The number of hydrogen-bond acceptors (Lipinski definition) is 5. The Labute approximate surface area is 161 Å². The Hall–Kier alpha value is -2.06. The number of aromatic hydroxyl groups is 2. The average molecular weight is 472 g/mol. The summed E-state index contributed by atoms with van der Waals surface area (Å²) in [6.45, 7) is 3.25. The van der Waals surface area contributed by atoms with E-state index >= 15 is 0 Å². The molecule has 0 saturated carbocycles. The molecule has 1 amide bonds. The second-order valence-electron chi connectivity index (χ2n) is 5.26. The zero-order valence-corrected chi connectivity index (χ0v) is 16.7. The summed E-state index contributed by atoms with van der Waals surface area (Å²) < 4.78 is 7.16. The van der Waals surface area contributed by atoms with Gasteiger partial charge in [0.15, 0.2) is 6.61 Å². The summed E-state index contributed by atoms with van der Waals surface area (Å²) in [6, 6.07) is 7.77. The van der Waals surface area contributed by atoms with Crippen LogP contribution >= 0.6 is 31.9 Å². The van der Waals surface area contributed by atoms with E-state index in [1.807, 2.05) is 19.1 Å². The lowest BCUT2D eigenvalue weighted by molar-refractivity contribution is -0.123. The van der Waals surface area contributed by atoms with E-state index in [-0.39, 0.29) is 18.1 Å². The van der Waals surface area contributed by atoms with Gasteiger partial charge in [-0.05, 0) is 65.7 Å². The van der Waals surface area contributed by atoms with Crippen molar-refractivity contribution in [3.63, 3.8) is 0 Å². The zero-order chi connectivity index (χ0) is 18.6. The number of phenols is 2. The van der Waals surface area contributed by atoms with Gasteiger partial charge in [-0.2, -0.15) is 5.10 Å². The third-order valence-electron chi connectivity index (χ3n) is 3.26. The van der Waals surface area contributed by atoms with Gasteiger partial charge in [-0.3, -0.25) is 4.79 Å². The van der Waals surface area contributed by atoms with E-state index in [4.69, 9.17) is 4.74 Å². The molecule has 2 aromatic rings. The fourth-order valence-corrected chi connectivity index (χ4v) is 3.62. The van der Waals surface area contributed by atoms with E-state index < -0.39 is 5.91 Å². The second-order valence-corrected chi connectivity index (χ2v) is 7.03. The maximum absolute atomic E-state index is 11.9. The molecular weight excluding hydrogens is 456 g/mol. The maximum Gasteiger partial charge on any atom is 0.277 e. The van der Waals surface area contributed by atoms with Gasteiger partial charge in [0.05, 0.1) is 10.2 Å². The van der Waals surface area contributed by atoms with Crippen molar-refractivity contribution in [3.05, 3.63) is 50.4 Å². The third-order valence-corrected chi connectivity index (χ3v) is 4.31. The smallest absolute Gasteiger partial charge is 0.277 e. The predicted octanol–water partition coefficient (Wildman–Crippen LogP) is 3.85. The highest BCUT2D eigenvalue weighted by Gasteiger charge is 2.10. The molecule has 25 heavy (non-hydrogen) atoms. The number of rotatable bonds is 5. The van der Waals surface area contributed by atoms with Crippen LogP contribution in [-0.4, -0.2) is 28.4 Å². The molecule has 0 aromatic heterocycles. The number of amides is 1. The molecule has 0 fully saturated rings. The highest BCUT2D eigenvalue weighted by atomic mass is 79.9. The molecule has 0 radical (unpaired) electrons. The second kappa shape index (κ2) is 8.35. The van der Waals surface area contributed by atoms with Gasteiger partial charge >= 0.3 is 0 Å². The quantitative estimate of drug-likeness (QED) is 0.351. The number of halogens is 2. The van der Waals surface area contributed by atoms with Crippen LogP contribution < -0.4 is 10.2 Å². The predicted molar refractivity (Wildman–Crippen MR) is 102 cm³/mol. The Morgan fingerprint density at radius 3 is 2.64 bits per heavy atom. The third kappa shape index (κ3) is 5.20. The molecule has 132 valence electrons. The van der Waals surface area contributed by atoms with Gasteiger partial charge in [0.2, 0.25) is 0 Å². The van der Waals surface area contributed by atoms with Crippen LogP contribution in [0.5, 0.6) is 17.2 Å². The molecule has 2 aromatic carbocycles. The number of nitrogens with one attached hydrogen (secondary N) is 1. The van der Waals surface area contributed by atoms with Crippen LogP contribution in [0.15, 0.2) is 44.4 Å². The summed E-state index contributed by atoms with van der Waals surface area (Å²) in [5.74, 6) is 0.0735. The van der Waals surface area contributed by atoms with E-state index in [1.54, 1.807) is 6.92 Å². The molecule has 0 aliphatic rings. The highest BCUT2D eigenvalue weighted by Crippen LogP contribution is 2.32. The number of phenolic OH excluding ortho intramolecular Hbond substituents is 2. The largest absolute Gasteiger partial charge is 0.508 e. The number of nitrogens with zero attached hydrogens (tertiary/aromatic N) is 1. The van der Waals surface area contributed by atoms with Crippen LogP contribution in [0.1, 0.15) is 18.1 Å². The van der Waals surface area contributed by atoms with E-state index in [1.165, 1.54) is 18.2 Å². The van der Waals surface area contributed by atoms with Gasteiger partial charge in [-0.1, -0.05) is 15.9 Å². The lowest BCUT2D eigenvalue weighted by Crippen LogP contribution is -2.25. The van der Waals surface area contributed by atoms with Crippen molar-refractivity contribution in [2.24, 2.45) is 5.10 Å². The van der Waals surface area contributed by atoms with Crippen LogP contribution in [0.3, 0.4) is 0 Å². The van der Waals surface area contributed by atoms with Crippen LogP contribution in [0.4, 0.5) is 0 Å². The first-order valence-electron chi connectivity index (χ1n) is 7.22. The average Bonchev–Trinajstić information content (AvgIpc) is 2.53. The number of hydrogen-bond donors (Lipinski definition) is 3. The minimum atomic E-state index is -0.451. The molecular formula is C17H16Br2N2O4. The van der Waals surface area contributed by atoms with Crippen LogP contribution in [0.2, 0.25) is 0 Å². The molecule has 0 saturated heterocycles. The number of aryl methyl sites for hydroxylation is 1. The molecule has 0 aliphatic carbocycles. The number of carbonyl (C=O) groups excluding carboxylic acids is 1. The number of hydrazone groups is 1. The number of carbonyl (C=O) groups is 1. The molecule has 2 rings (SSSR count). The summed E-state index contributed by atoms with van der Waals surface area (Å²) in [5.41, 5.74) is 3.90. The fourth-order valence-electron chi connectivity index (χ4n) is 2.06. The molecule has 0 bridgehead atoms. The lowest BCUT2D eigenvalue weighted by atomic mass is 10.1. The van der Waals surface area contributed by atoms with E-state index in [9.17, 15) is 15.0 Å². The van der Waals surface area contributed by atoms with E-state index in [0.717, 1.165) is 14.5 Å². The van der Waals surface area contributed by atoms with Gasteiger partial charge in [0, 0.05) is 10.0 Å². The van der Waals surface area contributed by atoms with Gasteiger partial charge < -0.3 is 14.9 Å². The van der Waals surface area contributed by atoms with Crippen molar-refractivity contribution < 1.29 is 19.7 Å². The molecule has 0 atom stereocenters. The first-order valence-corrected chi connectivity index (χ1v) is 8.80. The summed E-state index contributed by atoms with van der Waals surface area (Å²) in [5, 5.41) is 23.1. The van der Waals surface area contributed by atoms with Crippen molar-refractivity contribution >= 4 is 43.5 Å². The van der Waals surface area contributed by atoms with Gasteiger partial charge in [0.1, 0.15) is 17.2 Å². The van der Waals surface area contributed by atoms with Gasteiger partial charge in [-0.25, -0.2) is 5.43 Å². The van der Waals surface area contributed by atoms with E-state index in [0.29, 0.717) is 17.0 Å². The molecule has 0 spiro atoms. The molecule has 8 heteroatoms. The van der Waals surface area contributed by atoms with Crippen molar-refractivity contribution in [1.82, 2.24) is 5.43 Å². The summed E-state index contributed by atoms with van der Waals surface area (Å²) in [6.07, 6.45) is 0. The van der Waals surface area contributed by atoms with Crippen molar-refractivity contribution in [2.75, 3.05) is 6.61 Å². The first-order chi connectivity index (χ1) is 11.8. The highest BCUT2D eigenvalue weighted by molar-refractivity contribution is 9.11. The zero-order valence-electron chi connectivity index (χ0n) is 13.5. The van der Waals surface area contributed by atoms with Gasteiger partial charge in [-0.15, -0.1) is 0 Å². The lowest BCUT2D eigenvalue weighted by Gasteiger charge is -2.11. The van der Waals surface area contributed by atoms with E-state index in [2.05, 4.69) is 42.4 Å². The fraction of sp³-hybridized carbons (Fsp3) is 0.176. The Morgan fingerprint density at radius 1 is 1.24 bits per heavy atom. The Morgan fingerprint density at radius 2 is 1.96 bits per heavy atom. The summed E-state index contributed by atoms with van der Waals surface area (Å²) in [4.78, 5) is 11.9. The Bertz CT molecular complexity index is 814. The van der Waals surface area contributed by atoms with Crippen LogP contribution in [0, 0.1) is 6.92 Å². The van der Waals surface area contributed by atoms with Crippen molar-refractivity contribution in [2.45, 2.75) is 13.8 Å². The Balaban J connectivity index is 2.00. The topological polar surface area (TPSA) is 91.2 Å². The van der Waals surface area contributed by atoms with Crippen molar-refractivity contribution in [3.8, 4) is 17.2 Å². The molecule has 0 unspecified atom stereocenters. The molecule has 0 heterocycles. The van der Waals surface area contributed by atoms with Crippen LogP contribution in [0.25, 0.3) is 0 Å². The number of ether oxygens (including phenoxy) is 1. The molecule has 0 aliphatic heterocycles. The number of benzene rings is 2. The van der Waals surface area contributed by atoms with Crippen molar-refractivity contribution in [1.29, 1.82) is 0 Å². The van der Waals surface area contributed by atoms with Crippen LogP contribution in [-0.2, 0) is 4.79 Å². The monoisotopic (exact) mass is 470 g/mol. The minimum absolute atomic E-state index is 0.00688. The Kier molecular flexibility index (Phi) is 6.44. The summed E-state index contributed by atoms with van der Waals surface area (Å²) >= 11 is 6.77. The standard InChI is InChI=1S/C17H16Br2N2O4/c1-9-5-11(18)6-14(19)17(9)25-8-16(24)21-20-10(2)13-7-12(22)3-4-15(13)23/h3-7,22-23H,8H2,1-2H3,(H,21,24)/b20-10-. The SMILES string of the molecule is C/C(=N/NC(=O)COc1c(C)cc(Br)cc1Br)c1cc(O)ccc1O. The molecule has 6 nitrogen and oxygen atoms in total. The van der Waals surface area contributed by atoms with Gasteiger partial charge in [0.25, 0.3) is 5.91 Å². The first kappa shape index (κ1) is 19.3.